The summed E-state index contributed by atoms with van der Waals surface area (Å²) < 4.78 is 6.80. The van der Waals surface area contributed by atoms with Gasteiger partial charge >= 0.3 is 5.97 Å². The first-order chi connectivity index (χ1) is 9.08. The Bertz CT molecular complexity index is 531. The van der Waals surface area contributed by atoms with Crippen LogP contribution in [0.2, 0.25) is 0 Å². The van der Waals surface area contributed by atoms with Crippen LogP contribution in [-0.2, 0) is 16.1 Å². The molecule has 0 radical (unpaired) electrons. The topological polar surface area (TPSA) is 51.5 Å². The number of esters is 1. The first-order valence-electron chi connectivity index (χ1n) is 6.23. The van der Waals surface area contributed by atoms with Gasteiger partial charge in [0.05, 0.1) is 18.4 Å². The molecule has 0 saturated heterocycles. The lowest BCUT2D eigenvalue weighted by atomic mass is 9.97. The molecule has 1 aromatic heterocycles. The van der Waals surface area contributed by atoms with Crippen molar-refractivity contribution < 1.29 is 14.3 Å². The lowest BCUT2D eigenvalue weighted by Crippen LogP contribution is -2.27. The number of carbonyl (C=O) groups is 2. The van der Waals surface area contributed by atoms with Crippen molar-refractivity contribution >= 4 is 12.3 Å². The normalized spacial score (nSPS) is 21.7. The van der Waals surface area contributed by atoms with Crippen molar-refractivity contribution in [2.45, 2.75) is 19.4 Å². The number of aldehydes is 1. The SMILES string of the molecule is COC(=O)/C1=C/N(C)CCn2c(C=O)ccc2C1C. The second kappa shape index (κ2) is 5.30. The van der Waals surface area contributed by atoms with E-state index in [1.165, 1.54) is 7.11 Å². The van der Waals surface area contributed by atoms with Crippen molar-refractivity contribution in [2.75, 3.05) is 20.7 Å². The Kier molecular flexibility index (Phi) is 3.74. The van der Waals surface area contributed by atoms with Crippen molar-refractivity contribution in [3.63, 3.8) is 0 Å². The van der Waals surface area contributed by atoms with Crippen molar-refractivity contribution in [3.8, 4) is 0 Å². The smallest absolute Gasteiger partial charge is 0.335 e. The van der Waals surface area contributed by atoms with E-state index < -0.39 is 0 Å². The molecule has 0 N–H and O–H groups in total. The van der Waals surface area contributed by atoms with Crippen LogP contribution in [0.5, 0.6) is 0 Å². The number of ether oxygens (including phenoxy) is 1. The highest BCUT2D eigenvalue weighted by Gasteiger charge is 2.25. The van der Waals surface area contributed by atoms with Gasteiger partial charge in [-0.25, -0.2) is 4.79 Å². The minimum atomic E-state index is -0.332. The molecular formula is C14H18N2O3. The van der Waals surface area contributed by atoms with Gasteiger partial charge in [-0.3, -0.25) is 4.79 Å². The molecule has 5 heteroatoms. The number of methoxy groups -OCH3 is 1. The lowest BCUT2D eigenvalue weighted by molar-refractivity contribution is -0.136. The van der Waals surface area contributed by atoms with E-state index in [1.54, 1.807) is 6.07 Å². The summed E-state index contributed by atoms with van der Waals surface area (Å²) in [5, 5.41) is 0. The third kappa shape index (κ3) is 2.41. The zero-order chi connectivity index (χ0) is 14.0. The van der Waals surface area contributed by atoms with Gasteiger partial charge in [-0.05, 0) is 12.1 Å². The zero-order valence-electron chi connectivity index (χ0n) is 11.4. The Morgan fingerprint density at radius 1 is 1.42 bits per heavy atom. The van der Waals surface area contributed by atoms with E-state index in [2.05, 4.69) is 0 Å². The molecule has 0 saturated carbocycles. The van der Waals surface area contributed by atoms with Gasteiger partial charge in [0, 0.05) is 37.9 Å². The number of fused-ring (bicyclic) bond motifs is 1. The largest absolute Gasteiger partial charge is 0.466 e. The quantitative estimate of drug-likeness (QED) is 0.597. The van der Waals surface area contributed by atoms with Gasteiger partial charge in [0.2, 0.25) is 0 Å². The molecule has 0 bridgehead atoms. The third-order valence-corrected chi connectivity index (χ3v) is 3.54. The summed E-state index contributed by atoms with van der Waals surface area (Å²) in [5.74, 6) is -0.439. The van der Waals surface area contributed by atoms with Crippen LogP contribution in [0.15, 0.2) is 23.9 Å². The lowest BCUT2D eigenvalue weighted by Gasteiger charge is -2.26. The molecule has 1 aromatic rings. The fourth-order valence-corrected chi connectivity index (χ4v) is 2.42. The number of hydrogen-bond donors (Lipinski definition) is 0. The fraction of sp³-hybridized carbons (Fsp3) is 0.429. The van der Waals surface area contributed by atoms with Crippen LogP contribution in [0.1, 0.15) is 29.0 Å². The molecule has 2 rings (SSSR count). The summed E-state index contributed by atoms with van der Waals surface area (Å²) in [4.78, 5) is 24.9. The van der Waals surface area contributed by atoms with Crippen LogP contribution >= 0.6 is 0 Å². The molecule has 5 nitrogen and oxygen atoms in total. The van der Waals surface area contributed by atoms with Gasteiger partial charge in [0.1, 0.15) is 0 Å². The average molecular weight is 262 g/mol. The number of carbonyl (C=O) groups excluding carboxylic acids is 2. The summed E-state index contributed by atoms with van der Waals surface area (Å²) in [6.07, 6.45) is 2.67. The molecule has 1 aliphatic heterocycles. The summed E-state index contributed by atoms with van der Waals surface area (Å²) in [6, 6.07) is 3.69. The monoisotopic (exact) mass is 262 g/mol. The maximum Gasteiger partial charge on any atom is 0.335 e. The van der Waals surface area contributed by atoms with Crippen molar-refractivity contribution in [2.24, 2.45) is 0 Å². The number of hydrogen-bond acceptors (Lipinski definition) is 4. The van der Waals surface area contributed by atoms with Crippen LogP contribution in [0.25, 0.3) is 0 Å². The van der Waals surface area contributed by atoms with Crippen LogP contribution in [0.3, 0.4) is 0 Å². The first kappa shape index (κ1) is 13.4. The van der Waals surface area contributed by atoms with Crippen molar-refractivity contribution in [3.05, 3.63) is 35.3 Å². The molecule has 19 heavy (non-hydrogen) atoms. The number of likely N-dealkylation sites (N-methyl/N-ethyl adjacent to an activating group) is 1. The molecular weight excluding hydrogens is 244 g/mol. The third-order valence-electron chi connectivity index (χ3n) is 3.54. The maximum atomic E-state index is 11.9. The van der Waals surface area contributed by atoms with E-state index >= 15 is 0 Å². The fourth-order valence-electron chi connectivity index (χ4n) is 2.42. The summed E-state index contributed by atoms with van der Waals surface area (Å²) in [7, 11) is 3.29. The van der Waals surface area contributed by atoms with Crippen LogP contribution in [0.4, 0.5) is 0 Å². The van der Waals surface area contributed by atoms with E-state index in [0.29, 0.717) is 11.3 Å². The van der Waals surface area contributed by atoms with Gasteiger partial charge in [-0.1, -0.05) is 6.92 Å². The summed E-state index contributed by atoms with van der Waals surface area (Å²) in [5.41, 5.74) is 2.20. The molecule has 0 amide bonds. The summed E-state index contributed by atoms with van der Waals surface area (Å²) in [6.45, 7) is 3.40. The minimum Gasteiger partial charge on any atom is -0.466 e. The molecule has 2 heterocycles. The predicted octanol–water partition coefficient (Wildman–Crippen LogP) is 1.41. The Morgan fingerprint density at radius 3 is 2.79 bits per heavy atom. The highest BCUT2D eigenvalue weighted by atomic mass is 16.5. The first-order valence-corrected chi connectivity index (χ1v) is 6.23. The van der Waals surface area contributed by atoms with Gasteiger partial charge in [0.25, 0.3) is 0 Å². The second-order valence-electron chi connectivity index (χ2n) is 4.73. The van der Waals surface area contributed by atoms with Gasteiger partial charge in [-0.2, -0.15) is 0 Å². The number of nitrogens with zero attached hydrogens (tertiary/aromatic N) is 2. The minimum absolute atomic E-state index is 0.108. The Morgan fingerprint density at radius 2 is 2.16 bits per heavy atom. The van der Waals surface area contributed by atoms with Crippen molar-refractivity contribution in [1.82, 2.24) is 9.47 Å². The molecule has 0 spiro atoms. The average Bonchev–Trinajstić information content (AvgIpc) is 2.82. The zero-order valence-corrected chi connectivity index (χ0v) is 11.4. The molecule has 1 unspecified atom stereocenters. The summed E-state index contributed by atoms with van der Waals surface area (Å²) >= 11 is 0. The predicted molar refractivity (Wildman–Crippen MR) is 71.0 cm³/mol. The number of aromatic nitrogens is 1. The molecule has 0 aromatic carbocycles. The van der Waals surface area contributed by atoms with E-state index in [-0.39, 0.29) is 11.9 Å². The Hall–Kier alpha value is -2.04. The molecule has 1 aliphatic rings. The highest BCUT2D eigenvalue weighted by molar-refractivity contribution is 5.90. The van der Waals surface area contributed by atoms with Crippen molar-refractivity contribution in [1.29, 1.82) is 0 Å². The molecule has 0 aliphatic carbocycles. The van der Waals surface area contributed by atoms with E-state index in [4.69, 9.17) is 4.74 Å². The molecule has 102 valence electrons. The van der Waals surface area contributed by atoms with Gasteiger partial charge in [0.15, 0.2) is 6.29 Å². The maximum absolute atomic E-state index is 11.9. The molecule has 1 atom stereocenters. The highest BCUT2D eigenvalue weighted by Crippen LogP contribution is 2.28. The Balaban J connectivity index is 2.50. The van der Waals surface area contributed by atoms with E-state index in [9.17, 15) is 9.59 Å². The van der Waals surface area contributed by atoms with E-state index in [0.717, 1.165) is 25.1 Å². The van der Waals surface area contributed by atoms with Gasteiger partial charge < -0.3 is 14.2 Å². The van der Waals surface area contributed by atoms with Crippen LogP contribution < -0.4 is 0 Å². The van der Waals surface area contributed by atoms with Crippen LogP contribution in [0, 0.1) is 0 Å². The Labute approximate surface area is 112 Å². The molecule has 0 fully saturated rings. The second-order valence-corrected chi connectivity index (χ2v) is 4.73. The number of rotatable bonds is 2. The standard InChI is InChI=1S/C14H18N2O3/c1-10-12(14(18)19-3)8-15(2)6-7-16-11(9-17)4-5-13(10)16/h4-5,8-10H,6-7H2,1-3H3/b12-8+. The van der Waals surface area contributed by atoms with E-state index in [1.807, 2.05) is 35.7 Å². The van der Waals surface area contributed by atoms with Crippen LogP contribution in [-0.4, -0.2) is 42.4 Å². The van der Waals surface area contributed by atoms with Gasteiger partial charge in [-0.15, -0.1) is 0 Å².